The number of nitrogens with one attached hydrogen (secondary N) is 1. The van der Waals surface area contributed by atoms with Crippen molar-refractivity contribution in [3.8, 4) is 0 Å². The summed E-state index contributed by atoms with van der Waals surface area (Å²) in [6.07, 6.45) is 2.53. The molecular formula is C11H21NO3. The predicted octanol–water partition coefficient (Wildman–Crippen LogP) is 0.954. The summed E-state index contributed by atoms with van der Waals surface area (Å²) >= 11 is 0. The van der Waals surface area contributed by atoms with E-state index in [0.29, 0.717) is 18.9 Å². The van der Waals surface area contributed by atoms with E-state index in [9.17, 15) is 4.79 Å². The van der Waals surface area contributed by atoms with Crippen LogP contribution in [0, 0.1) is 5.92 Å². The van der Waals surface area contributed by atoms with Crippen LogP contribution in [0.4, 0.5) is 0 Å². The first-order valence-corrected chi connectivity index (χ1v) is 5.68. The summed E-state index contributed by atoms with van der Waals surface area (Å²) in [5, 5.41) is 3.20. The molecule has 0 aromatic heterocycles. The lowest BCUT2D eigenvalue weighted by Gasteiger charge is -2.29. The number of hydrogen-bond donors (Lipinski definition) is 1. The molecule has 1 heterocycles. The highest BCUT2D eigenvalue weighted by Crippen LogP contribution is 2.20. The van der Waals surface area contributed by atoms with Crippen LogP contribution in [0.25, 0.3) is 0 Å². The van der Waals surface area contributed by atoms with E-state index in [2.05, 4.69) is 5.32 Å². The average Bonchev–Trinajstić information content (AvgIpc) is 2.27. The molecule has 1 atom stereocenters. The third-order valence-electron chi connectivity index (χ3n) is 2.90. The minimum atomic E-state index is -0.108. The molecule has 0 bridgehead atoms. The molecule has 1 fully saturated rings. The number of ether oxygens (including phenoxy) is 2. The van der Waals surface area contributed by atoms with Gasteiger partial charge in [-0.1, -0.05) is 0 Å². The molecule has 4 nitrogen and oxygen atoms in total. The molecular weight excluding hydrogens is 194 g/mol. The fourth-order valence-corrected chi connectivity index (χ4v) is 2.02. The molecule has 0 aliphatic carbocycles. The number of rotatable bonds is 5. The molecule has 0 amide bonds. The van der Waals surface area contributed by atoms with Gasteiger partial charge < -0.3 is 14.8 Å². The summed E-state index contributed by atoms with van der Waals surface area (Å²) < 4.78 is 10.3. The number of hydrogen-bond acceptors (Lipinski definition) is 4. The van der Waals surface area contributed by atoms with Crippen molar-refractivity contribution in [2.75, 3.05) is 26.9 Å². The predicted molar refractivity (Wildman–Crippen MR) is 57.6 cm³/mol. The molecule has 0 saturated carbocycles. The van der Waals surface area contributed by atoms with E-state index in [0.717, 1.165) is 26.1 Å². The van der Waals surface area contributed by atoms with E-state index in [4.69, 9.17) is 9.47 Å². The summed E-state index contributed by atoms with van der Waals surface area (Å²) in [5.41, 5.74) is 0. The average molecular weight is 215 g/mol. The molecule has 88 valence electrons. The Morgan fingerprint density at radius 2 is 2.20 bits per heavy atom. The van der Waals surface area contributed by atoms with Crippen LogP contribution >= 0.6 is 0 Å². The Kier molecular flexibility index (Phi) is 5.65. The highest BCUT2D eigenvalue weighted by Gasteiger charge is 2.25. The first-order chi connectivity index (χ1) is 7.27. The Hall–Kier alpha value is -0.610. The SMILES string of the molecule is CCOC(=O)CC(NC)C1CCOCC1. The zero-order chi connectivity index (χ0) is 11.1. The van der Waals surface area contributed by atoms with Gasteiger partial charge in [-0.2, -0.15) is 0 Å². The Morgan fingerprint density at radius 1 is 1.53 bits per heavy atom. The van der Waals surface area contributed by atoms with Gasteiger partial charge in [-0.15, -0.1) is 0 Å². The van der Waals surface area contributed by atoms with Crippen molar-refractivity contribution in [3.63, 3.8) is 0 Å². The quantitative estimate of drug-likeness (QED) is 0.694. The highest BCUT2D eigenvalue weighted by molar-refractivity contribution is 5.70. The maximum Gasteiger partial charge on any atom is 0.307 e. The van der Waals surface area contributed by atoms with Crippen molar-refractivity contribution in [2.45, 2.75) is 32.2 Å². The monoisotopic (exact) mass is 215 g/mol. The van der Waals surface area contributed by atoms with Crippen LogP contribution in [0.2, 0.25) is 0 Å². The largest absolute Gasteiger partial charge is 0.466 e. The molecule has 0 radical (unpaired) electrons. The molecule has 4 heteroatoms. The lowest BCUT2D eigenvalue weighted by atomic mass is 9.90. The Bertz CT molecular complexity index is 190. The van der Waals surface area contributed by atoms with Crippen molar-refractivity contribution < 1.29 is 14.3 Å². The molecule has 1 saturated heterocycles. The van der Waals surface area contributed by atoms with Gasteiger partial charge in [0.1, 0.15) is 0 Å². The Labute approximate surface area is 91.3 Å². The van der Waals surface area contributed by atoms with Crippen molar-refractivity contribution in [1.29, 1.82) is 0 Å². The van der Waals surface area contributed by atoms with Gasteiger partial charge in [-0.05, 0) is 32.7 Å². The van der Waals surface area contributed by atoms with Crippen LogP contribution < -0.4 is 5.32 Å². The van der Waals surface area contributed by atoms with Gasteiger partial charge in [0.25, 0.3) is 0 Å². The fraction of sp³-hybridized carbons (Fsp3) is 0.909. The smallest absolute Gasteiger partial charge is 0.307 e. The molecule has 1 unspecified atom stereocenters. The highest BCUT2D eigenvalue weighted by atomic mass is 16.5. The van der Waals surface area contributed by atoms with E-state index in [1.165, 1.54) is 0 Å². The third kappa shape index (κ3) is 4.18. The van der Waals surface area contributed by atoms with Crippen LogP contribution in [0.3, 0.4) is 0 Å². The maximum atomic E-state index is 11.4. The van der Waals surface area contributed by atoms with Crippen LogP contribution in [0.1, 0.15) is 26.2 Å². The number of carbonyl (C=O) groups is 1. The Balaban J connectivity index is 2.36. The van der Waals surface area contributed by atoms with Gasteiger partial charge in [-0.3, -0.25) is 4.79 Å². The zero-order valence-corrected chi connectivity index (χ0v) is 9.62. The zero-order valence-electron chi connectivity index (χ0n) is 9.62. The van der Waals surface area contributed by atoms with Crippen molar-refractivity contribution in [3.05, 3.63) is 0 Å². The maximum absolute atomic E-state index is 11.4. The van der Waals surface area contributed by atoms with Crippen LogP contribution in [-0.2, 0) is 14.3 Å². The first-order valence-electron chi connectivity index (χ1n) is 5.68. The van der Waals surface area contributed by atoms with Gasteiger partial charge in [0.15, 0.2) is 0 Å². The molecule has 0 aromatic rings. The first kappa shape index (κ1) is 12.5. The van der Waals surface area contributed by atoms with Gasteiger partial charge >= 0.3 is 5.97 Å². The fourth-order valence-electron chi connectivity index (χ4n) is 2.02. The molecule has 1 N–H and O–H groups in total. The molecule has 1 aliphatic rings. The standard InChI is InChI=1S/C11H21NO3/c1-3-15-11(13)8-10(12-2)9-4-6-14-7-5-9/h9-10,12H,3-8H2,1-2H3. The van der Waals surface area contributed by atoms with E-state index in [1.807, 2.05) is 14.0 Å². The van der Waals surface area contributed by atoms with Gasteiger partial charge in [0.05, 0.1) is 13.0 Å². The summed E-state index contributed by atoms with van der Waals surface area (Å²) in [6, 6.07) is 0.230. The van der Waals surface area contributed by atoms with E-state index >= 15 is 0 Å². The lowest BCUT2D eigenvalue weighted by Crippen LogP contribution is -2.38. The van der Waals surface area contributed by atoms with E-state index in [-0.39, 0.29) is 12.0 Å². The van der Waals surface area contributed by atoms with Crippen LogP contribution in [-0.4, -0.2) is 38.9 Å². The number of esters is 1. The third-order valence-corrected chi connectivity index (χ3v) is 2.90. The van der Waals surface area contributed by atoms with Crippen LogP contribution in [0.5, 0.6) is 0 Å². The van der Waals surface area contributed by atoms with Crippen molar-refractivity contribution in [2.24, 2.45) is 5.92 Å². The topological polar surface area (TPSA) is 47.6 Å². The van der Waals surface area contributed by atoms with Gasteiger partial charge in [0.2, 0.25) is 0 Å². The summed E-state index contributed by atoms with van der Waals surface area (Å²) in [7, 11) is 1.90. The van der Waals surface area contributed by atoms with Gasteiger partial charge in [-0.25, -0.2) is 0 Å². The molecule has 0 aromatic carbocycles. The lowest BCUT2D eigenvalue weighted by molar-refractivity contribution is -0.144. The minimum absolute atomic E-state index is 0.108. The number of carbonyl (C=O) groups excluding carboxylic acids is 1. The van der Waals surface area contributed by atoms with E-state index in [1.54, 1.807) is 0 Å². The van der Waals surface area contributed by atoms with Crippen molar-refractivity contribution >= 4 is 5.97 Å². The second-order valence-corrected chi connectivity index (χ2v) is 3.85. The molecule has 0 spiro atoms. The Morgan fingerprint density at radius 3 is 2.73 bits per heavy atom. The van der Waals surface area contributed by atoms with Crippen LogP contribution in [0.15, 0.2) is 0 Å². The molecule has 1 aliphatic heterocycles. The normalized spacial score (nSPS) is 19.9. The summed E-state index contributed by atoms with van der Waals surface area (Å²) in [5.74, 6) is 0.427. The second-order valence-electron chi connectivity index (χ2n) is 3.85. The summed E-state index contributed by atoms with van der Waals surface area (Å²) in [6.45, 7) is 3.92. The van der Waals surface area contributed by atoms with E-state index < -0.39 is 0 Å². The van der Waals surface area contributed by atoms with Gasteiger partial charge in [0, 0.05) is 19.3 Å². The second kappa shape index (κ2) is 6.80. The molecule has 15 heavy (non-hydrogen) atoms. The summed E-state index contributed by atoms with van der Waals surface area (Å²) in [4.78, 5) is 11.4. The minimum Gasteiger partial charge on any atom is -0.466 e. The van der Waals surface area contributed by atoms with Crippen molar-refractivity contribution in [1.82, 2.24) is 5.32 Å². The molecule has 1 rings (SSSR count).